The number of nitrogens with one attached hydrogen (secondary N) is 1. The molecule has 1 aromatic rings. The third-order valence-electron chi connectivity index (χ3n) is 3.97. The van der Waals surface area contributed by atoms with E-state index in [1.807, 2.05) is 38.1 Å². The third kappa shape index (κ3) is 4.24. The number of hydrogen-bond donors (Lipinski definition) is 1. The lowest BCUT2D eigenvalue weighted by Crippen LogP contribution is -2.55. The lowest BCUT2D eigenvalue weighted by molar-refractivity contribution is -0.143. The van der Waals surface area contributed by atoms with Crippen LogP contribution in [0.3, 0.4) is 0 Å². The molecule has 0 aromatic heterocycles. The lowest BCUT2D eigenvalue weighted by Gasteiger charge is -2.39. The molecule has 0 saturated carbocycles. The first-order valence-corrected chi connectivity index (χ1v) is 8.30. The number of fused-ring (bicyclic) bond motifs is 1. The predicted molar refractivity (Wildman–Crippen MR) is 91.6 cm³/mol. The maximum absolute atomic E-state index is 12.6. The van der Waals surface area contributed by atoms with E-state index in [0.29, 0.717) is 6.61 Å². The van der Waals surface area contributed by atoms with Crippen LogP contribution in [0, 0.1) is 0 Å². The average molecular weight is 318 g/mol. The Morgan fingerprint density at radius 2 is 1.96 bits per heavy atom. The fraction of sp³-hybridized carbons (Fsp3) is 0.556. The number of carbonyl (C=O) groups is 2. The van der Waals surface area contributed by atoms with Crippen LogP contribution in [-0.4, -0.2) is 30.6 Å². The van der Waals surface area contributed by atoms with Gasteiger partial charge in [-0.15, -0.1) is 0 Å². The van der Waals surface area contributed by atoms with Gasteiger partial charge in [0.1, 0.15) is 12.1 Å². The molecule has 126 valence electrons. The highest BCUT2D eigenvalue weighted by Gasteiger charge is 2.39. The Morgan fingerprint density at radius 1 is 1.22 bits per heavy atom. The smallest absolute Gasteiger partial charge is 0.326 e. The minimum absolute atomic E-state index is 0.0469. The fourth-order valence-electron chi connectivity index (χ4n) is 2.70. The van der Waals surface area contributed by atoms with E-state index in [0.717, 1.165) is 37.1 Å². The van der Waals surface area contributed by atoms with E-state index < -0.39 is 5.54 Å². The topological polar surface area (TPSA) is 58.6 Å². The molecule has 1 aliphatic rings. The van der Waals surface area contributed by atoms with Crippen LogP contribution in [0.25, 0.3) is 0 Å². The fourth-order valence-corrected chi connectivity index (χ4v) is 2.70. The zero-order valence-corrected chi connectivity index (χ0v) is 14.2. The molecule has 0 spiro atoms. The first-order chi connectivity index (χ1) is 11.0. The minimum atomic E-state index is -0.740. The van der Waals surface area contributed by atoms with Crippen molar-refractivity contribution >= 4 is 23.3 Å². The second kappa shape index (κ2) is 7.49. The van der Waals surface area contributed by atoms with Crippen molar-refractivity contribution in [2.75, 3.05) is 23.4 Å². The molecular formula is C18H26N2O3. The number of unbranched alkanes of at least 4 members (excludes halogenated alkanes) is 3. The highest BCUT2D eigenvalue weighted by atomic mass is 16.5. The molecule has 1 aliphatic heterocycles. The largest absolute Gasteiger partial charge is 0.464 e. The van der Waals surface area contributed by atoms with Crippen LogP contribution in [0.15, 0.2) is 24.3 Å². The zero-order valence-electron chi connectivity index (χ0n) is 14.2. The number of ether oxygens (including phenoxy) is 1. The van der Waals surface area contributed by atoms with Crippen LogP contribution in [0.1, 0.15) is 46.5 Å². The monoisotopic (exact) mass is 318 g/mol. The van der Waals surface area contributed by atoms with Crippen LogP contribution < -0.4 is 10.2 Å². The molecule has 2 rings (SSSR count). The number of carbonyl (C=O) groups excluding carboxylic acids is 2. The molecule has 0 bridgehead atoms. The molecule has 0 aliphatic carbocycles. The van der Waals surface area contributed by atoms with Crippen LogP contribution >= 0.6 is 0 Å². The number of para-hydroxylation sites is 2. The number of nitrogens with zero attached hydrogens (tertiary/aromatic N) is 1. The number of anilines is 2. The van der Waals surface area contributed by atoms with Crippen molar-refractivity contribution in [2.45, 2.75) is 52.0 Å². The van der Waals surface area contributed by atoms with Crippen molar-refractivity contribution in [2.24, 2.45) is 0 Å². The second-order valence-corrected chi connectivity index (χ2v) is 6.44. The first-order valence-electron chi connectivity index (χ1n) is 8.30. The molecule has 1 N–H and O–H groups in total. The maximum Gasteiger partial charge on any atom is 0.326 e. The summed E-state index contributed by atoms with van der Waals surface area (Å²) in [5, 5.41) is 3.21. The molecule has 1 amide bonds. The lowest BCUT2D eigenvalue weighted by atomic mass is 9.98. The first kappa shape index (κ1) is 17.3. The molecule has 5 heteroatoms. The van der Waals surface area contributed by atoms with E-state index in [4.69, 9.17) is 4.74 Å². The average Bonchev–Trinajstić information content (AvgIpc) is 2.51. The van der Waals surface area contributed by atoms with E-state index in [-0.39, 0.29) is 18.4 Å². The van der Waals surface area contributed by atoms with Gasteiger partial charge in [-0.1, -0.05) is 38.3 Å². The number of benzene rings is 1. The molecule has 0 fully saturated rings. The number of hydrogen-bond acceptors (Lipinski definition) is 4. The summed E-state index contributed by atoms with van der Waals surface area (Å²) >= 11 is 0. The van der Waals surface area contributed by atoms with Crippen LogP contribution in [0.2, 0.25) is 0 Å². The Kier molecular flexibility index (Phi) is 5.64. The third-order valence-corrected chi connectivity index (χ3v) is 3.97. The molecule has 0 saturated heterocycles. The van der Waals surface area contributed by atoms with Crippen molar-refractivity contribution < 1.29 is 14.3 Å². The Balaban J connectivity index is 2.00. The van der Waals surface area contributed by atoms with Crippen LogP contribution in [0.5, 0.6) is 0 Å². The number of esters is 1. The van der Waals surface area contributed by atoms with Gasteiger partial charge in [0.05, 0.1) is 18.0 Å². The predicted octanol–water partition coefficient (Wildman–Crippen LogP) is 3.35. The van der Waals surface area contributed by atoms with Crippen molar-refractivity contribution in [3.8, 4) is 0 Å². The summed E-state index contributed by atoms with van der Waals surface area (Å²) in [7, 11) is 0. The van der Waals surface area contributed by atoms with E-state index >= 15 is 0 Å². The Bertz CT molecular complexity index is 569. The molecule has 0 unspecified atom stereocenters. The van der Waals surface area contributed by atoms with Crippen molar-refractivity contribution in [1.29, 1.82) is 0 Å². The van der Waals surface area contributed by atoms with Crippen LogP contribution in [-0.2, 0) is 14.3 Å². The molecule has 5 nitrogen and oxygen atoms in total. The minimum Gasteiger partial charge on any atom is -0.464 e. The number of rotatable bonds is 7. The standard InChI is InChI=1S/C18H26N2O3/c1-4-5-6-9-12-23-16(21)13-20-15-11-8-7-10-14(15)19-18(2,3)17(20)22/h7-8,10-11,19H,4-6,9,12-13H2,1-3H3. The summed E-state index contributed by atoms with van der Waals surface area (Å²) in [5.41, 5.74) is 0.836. The quantitative estimate of drug-likeness (QED) is 0.619. The van der Waals surface area contributed by atoms with Crippen LogP contribution in [0.4, 0.5) is 11.4 Å². The number of amides is 1. The Hall–Kier alpha value is -2.04. The van der Waals surface area contributed by atoms with E-state index in [9.17, 15) is 9.59 Å². The Labute approximate surface area is 138 Å². The summed E-state index contributed by atoms with van der Waals surface area (Å²) in [5.74, 6) is -0.485. The molecule has 0 radical (unpaired) electrons. The van der Waals surface area contributed by atoms with Crippen molar-refractivity contribution in [3.63, 3.8) is 0 Å². The van der Waals surface area contributed by atoms with E-state index in [2.05, 4.69) is 12.2 Å². The summed E-state index contributed by atoms with van der Waals surface area (Å²) in [4.78, 5) is 26.2. The SMILES string of the molecule is CCCCCCOC(=O)CN1C(=O)C(C)(C)Nc2ccccc21. The molecule has 0 atom stereocenters. The van der Waals surface area contributed by atoms with Gasteiger partial charge in [-0.25, -0.2) is 0 Å². The maximum atomic E-state index is 12.6. The van der Waals surface area contributed by atoms with Gasteiger partial charge >= 0.3 is 5.97 Å². The van der Waals surface area contributed by atoms with Gasteiger partial charge in [-0.2, -0.15) is 0 Å². The molecule has 23 heavy (non-hydrogen) atoms. The van der Waals surface area contributed by atoms with E-state index in [1.165, 1.54) is 4.90 Å². The van der Waals surface area contributed by atoms with Gasteiger partial charge in [0.15, 0.2) is 0 Å². The Morgan fingerprint density at radius 3 is 2.70 bits per heavy atom. The van der Waals surface area contributed by atoms with Gasteiger partial charge in [0.2, 0.25) is 0 Å². The summed E-state index contributed by atoms with van der Waals surface area (Å²) in [6.07, 6.45) is 4.23. The highest BCUT2D eigenvalue weighted by molar-refractivity contribution is 6.09. The summed E-state index contributed by atoms with van der Waals surface area (Å²) in [6.45, 7) is 6.14. The van der Waals surface area contributed by atoms with Gasteiger partial charge in [0, 0.05) is 0 Å². The van der Waals surface area contributed by atoms with Gasteiger partial charge < -0.3 is 10.1 Å². The van der Waals surface area contributed by atoms with Gasteiger partial charge in [0.25, 0.3) is 5.91 Å². The second-order valence-electron chi connectivity index (χ2n) is 6.44. The molecule has 1 aromatic carbocycles. The zero-order chi connectivity index (χ0) is 16.9. The summed E-state index contributed by atoms with van der Waals surface area (Å²) < 4.78 is 5.27. The molecule has 1 heterocycles. The highest BCUT2D eigenvalue weighted by Crippen LogP contribution is 2.34. The van der Waals surface area contributed by atoms with Crippen molar-refractivity contribution in [3.05, 3.63) is 24.3 Å². The van der Waals surface area contributed by atoms with Crippen molar-refractivity contribution in [1.82, 2.24) is 0 Å². The summed E-state index contributed by atoms with van der Waals surface area (Å²) in [6, 6.07) is 7.51. The van der Waals surface area contributed by atoms with Gasteiger partial charge in [-0.05, 0) is 32.4 Å². The van der Waals surface area contributed by atoms with Gasteiger partial charge in [-0.3, -0.25) is 14.5 Å². The van der Waals surface area contributed by atoms with E-state index in [1.54, 1.807) is 0 Å². The normalized spacial score (nSPS) is 15.8. The molecular weight excluding hydrogens is 292 g/mol.